The highest BCUT2D eigenvalue weighted by molar-refractivity contribution is 5.80. The summed E-state index contributed by atoms with van der Waals surface area (Å²) in [6.45, 7) is 0.285. The highest BCUT2D eigenvalue weighted by atomic mass is 16.2. The van der Waals surface area contributed by atoms with Crippen molar-refractivity contribution >= 4 is 17.5 Å². The van der Waals surface area contributed by atoms with Gasteiger partial charge in [0.25, 0.3) is 0 Å². The molecule has 0 heterocycles. The second-order valence-corrected chi connectivity index (χ2v) is 4.29. The number of nitrogens with zero attached hydrogens (tertiary/aromatic N) is 2. The minimum Gasteiger partial charge on any atom is -0.399 e. The standard InChI is InChI=1S/C13H17N5O2/c14-5-6-17-13(20)9-18(8-12(16)19)7-10-1-3-11(15)4-2-10/h1-4H,6-9,15H2,(H2,16,19)(H,17,20). The molecule has 106 valence electrons. The number of nitrogens with one attached hydrogen (secondary N) is 1. The molecule has 2 amide bonds. The Hall–Kier alpha value is -2.59. The number of rotatable bonds is 7. The van der Waals surface area contributed by atoms with Gasteiger partial charge in [-0.3, -0.25) is 14.5 Å². The Morgan fingerprint density at radius 3 is 2.45 bits per heavy atom. The second kappa shape index (κ2) is 7.76. The molecule has 20 heavy (non-hydrogen) atoms. The van der Waals surface area contributed by atoms with Crippen molar-refractivity contribution in [3.8, 4) is 6.07 Å². The van der Waals surface area contributed by atoms with Crippen molar-refractivity contribution < 1.29 is 9.59 Å². The van der Waals surface area contributed by atoms with E-state index in [1.165, 1.54) is 0 Å². The van der Waals surface area contributed by atoms with Crippen LogP contribution in [0.15, 0.2) is 24.3 Å². The Morgan fingerprint density at radius 1 is 1.25 bits per heavy atom. The predicted octanol–water partition coefficient (Wildman–Crippen LogP) is -0.804. The number of nitrogens with two attached hydrogens (primary N) is 2. The van der Waals surface area contributed by atoms with Crippen LogP contribution in [-0.2, 0) is 16.1 Å². The number of nitrogen functional groups attached to an aromatic ring is 1. The number of anilines is 1. The van der Waals surface area contributed by atoms with E-state index in [0.29, 0.717) is 12.2 Å². The van der Waals surface area contributed by atoms with Crippen LogP contribution in [0.4, 0.5) is 5.69 Å². The molecule has 0 spiro atoms. The molecule has 0 saturated heterocycles. The fourth-order valence-electron chi connectivity index (χ4n) is 1.67. The van der Waals surface area contributed by atoms with E-state index in [-0.39, 0.29) is 25.5 Å². The third-order valence-electron chi connectivity index (χ3n) is 2.50. The molecule has 0 aliphatic rings. The van der Waals surface area contributed by atoms with Crippen LogP contribution in [0.3, 0.4) is 0 Å². The molecule has 1 aromatic carbocycles. The van der Waals surface area contributed by atoms with E-state index in [1.807, 2.05) is 18.2 Å². The van der Waals surface area contributed by atoms with Gasteiger partial charge in [0.15, 0.2) is 0 Å². The molecule has 0 atom stereocenters. The zero-order chi connectivity index (χ0) is 15.0. The van der Waals surface area contributed by atoms with Gasteiger partial charge in [0.05, 0.1) is 19.2 Å². The molecule has 0 aromatic heterocycles. The van der Waals surface area contributed by atoms with Gasteiger partial charge in [-0.25, -0.2) is 0 Å². The topological polar surface area (TPSA) is 125 Å². The first-order valence-electron chi connectivity index (χ1n) is 6.00. The molecule has 7 heteroatoms. The van der Waals surface area contributed by atoms with Crippen molar-refractivity contribution in [3.63, 3.8) is 0 Å². The smallest absolute Gasteiger partial charge is 0.235 e. The summed E-state index contributed by atoms with van der Waals surface area (Å²) in [4.78, 5) is 24.2. The maximum absolute atomic E-state index is 11.6. The van der Waals surface area contributed by atoms with Gasteiger partial charge < -0.3 is 16.8 Å². The number of carbonyl (C=O) groups excluding carboxylic acids is 2. The Kier molecular flexibility index (Phi) is 6.00. The molecule has 1 rings (SSSR count). The van der Waals surface area contributed by atoms with Gasteiger partial charge in [-0.2, -0.15) is 5.26 Å². The fourth-order valence-corrected chi connectivity index (χ4v) is 1.67. The summed E-state index contributed by atoms with van der Waals surface area (Å²) in [6, 6.07) is 8.93. The molecule has 0 aliphatic carbocycles. The van der Waals surface area contributed by atoms with E-state index in [1.54, 1.807) is 17.0 Å². The van der Waals surface area contributed by atoms with E-state index in [0.717, 1.165) is 5.56 Å². The molecular formula is C13H17N5O2. The zero-order valence-electron chi connectivity index (χ0n) is 11.0. The first-order chi connectivity index (χ1) is 9.51. The summed E-state index contributed by atoms with van der Waals surface area (Å²) in [5.74, 6) is -0.850. The maximum atomic E-state index is 11.6. The van der Waals surface area contributed by atoms with Crippen molar-refractivity contribution in [3.05, 3.63) is 29.8 Å². The Balaban J connectivity index is 2.64. The highest BCUT2D eigenvalue weighted by Gasteiger charge is 2.13. The first kappa shape index (κ1) is 15.5. The number of benzene rings is 1. The van der Waals surface area contributed by atoms with Gasteiger partial charge in [0.1, 0.15) is 6.54 Å². The van der Waals surface area contributed by atoms with Gasteiger partial charge in [-0.15, -0.1) is 0 Å². The number of carbonyl (C=O) groups is 2. The van der Waals surface area contributed by atoms with Gasteiger partial charge in [0, 0.05) is 12.2 Å². The van der Waals surface area contributed by atoms with Crippen LogP contribution < -0.4 is 16.8 Å². The largest absolute Gasteiger partial charge is 0.399 e. The second-order valence-electron chi connectivity index (χ2n) is 4.29. The van der Waals surface area contributed by atoms with Crippen molar-refractivity contribution in [2.24, 2.45) is 5.73 Å². The maximum Gasteiger partial charge on any atom is 0.235 e. The summed E-state index contributed by atoms with van der Waals surface area (Å²) in [5.41, 5.74) is 12.3. The average Bonchev–Trinajstić information content (AvgIpc) is 2.38. The average molecular weight is 275 g/mol. The number of nitriles is 1. The quantitative estimate of drug-likeness (QED) is 0.443. The van der Waals surface area contributed by atoms with Crippen LogP contribution in [0.25, 0.3) is 0 Å². The van der Waals surface area contributed by atoms with Crippen molar-refractivity contribution in [2.45, 2.75) is 6.54 Å². The van der Waals surface area contributed by atoms with E-state index in [4.69, 9.17) is 16.7 Å². The molecule has 0 radical (unpaired) electrons. The Morgan fingerprint density at radius 2 is 1.90 bits per heavy atom. The zero-order valence-corrected chi connectivity index (χ0v) is 11.0. The van der Waals surface area contributed by atoms with Crippen molar-refractivity contribution in [2.75, 3.05) is 25.4 Å². The summed E-state index contributed by atoms with van der Waals surface area (Å²) >= 11 is 0. The highest BCUT2D eigenvalue weighted by Crippen LogP contribution is 2.08. The number of primary amides is 1. The van der Waals surface area contributed by atoms with E-state index >= 15 is 0 Å². The lowest BCUT2D eigenvalue weighted by molar-refractivity contribution is -0.123. The van der Waals surface area contributed by atoms with E-state index in [9.17, 15) is 9.59 Å². The van der Waals surface area contributed by atoms with Crippen molar-refractivity contribution in [1.82, 2.24) is 10.2 Å². The third kappa shape index (κ3) is 5.84. The molecule has 1 aromatic rings. The first-order valence-corrected chi connectivity index (χ1v) is 6.00. The van der Waals surface area contributed by atoms with Crippen molar-refractivity contribution in [1.29, 1.82) is 5.26 Å². The summed E-state index contributed by atoms with van der Waals surface area (Å²) in [7, 11) is 0. The lowest BCUT2D eigenvalue weighted by Crippen LogP contribution is -2.41. The lowest BCUT2D eigenvalue weighted by Gasteiger charge is -2.20. The number of amides is 2. The van der Waals surface area contributed by atoms with Crippen LogP contribution >= 0.6 is 0 Å². The van der Waals surface area contributed by atoms with Crippen LogP contribution in [0.1, 0.15) is 5.56 Å². The summed E-state index contributed by atoms with van der Waals surface area (Å²) in [5, 5.41) is 10.8. The van der Waals surface area contributed by atoms with Crippen LogP contribution in [0.5, 0.6) is 0 Å². The molecule has 0 saturated carbocycles. The molecular weight excluding hydrogens is 258 g/mol. The molecule has 0 unspecified atom stereocenters. The summed E-state index contributed by atoms with van der Waals surface area (Å²) in [6.07, 6.45) is 0. The van der Waals surface area contributed by atoms with Crippen LogP contribution in [-0.4, -0.2) is 36.3 Å². The van der Waals surface area contributed by atoms with Crippen LogP contribution in [0.2, 0.25) is 0 Å². The SMILES string of the molecule is N#CCNC(=O)CN(CC(N)=O)Cc1ccc(N)cc1. The monoisotopic (exact) mass is 275 g/mol. The molecule has 7 nitrogen and oxygen atoms in total. The molecule has 5 N–H and O–H groups in total. The van der Waals surface area contributed by atoms with E-state index < -0.39 is 5.91 Å². The Bertz CT molecular complexity index is 506. The molecule has 0 aliphatic heterocycles. The normalized spacial score (nSPS) is 10.0. The van der Waals surface area contributed by atoms with Crippen LogP contribution in [0, 0.1) is 11.3 Å². The van der Waals surface area contributed by atoms with Gasteiger partial charge in [0.2, 0.25) is 11.8 Å². The lowest BCUT2D eigenvalue weighted by atomic mass is 10.2. The number of hydrogen-bond acceptors (Lipinski definition) is 5. The fraction of sp³-hybridized carbons (Fsp3) is 0.308. The Labute approximate surface area is 117 Å². The minimum absolute atomic E-state index is 0.00496. The van der Waals surface area contributed by atoms with Gasteiger partial charge in [-0.05, 0) is 17.7 Å². The summed E-state index contributed by atoms with van der Waals surface area (Å²) < 4.78 is 0. The predicted molar refractivity (Wildman–Crippen MR) is 73.9 cm³/mol. The van der Waals surface area contributed by atoms with Gasteiger partial charge >= 0.3 is 0 Å². The third-order valence-corrected chi connectivity index (χ3v) is 2.50. The van der Waals surface area contributed by atoms with E-state index in [2.05, 4.69) is 5.32 Å². The minimum atomic E-state index is -0.520. The van der Waals surface area contributed by atoms with Gasteiger partial charge in [-0.1, -0.05) is 12.1 Å². The molecule has 0 fully saturated rings. The molecule has 0 bridgehead atoms. The number of hydrogen-bond donors (Lipinski definition) is 3.